The van der Waals surface area contributed by atoms with Crippen LogP contribution in [0.3, 0.4) is 0 Å². The third-order valence-corrected chi connectivity index (χ3v) is 2.36. The van der Waals surface area contributed by atoms with Crippen LogP contribution in [0.1, 0.15) is 16.7 Å². The third kappa shape index (κ3) is 3.21. The lowest BCUT2D eigenvalue weighted by atomic mass is 10.1. The van der Waals surface area contributed by atoms with Crippen LogP contribution in [-0.4, -0.2) is 18.9 Å². The highest BCUT2D eigenvalue weighted by Gasteiger charge is 2.11. The first kappa shape index (κ1) is 13.0. The molecule has 0 aliphatic rings. The van der Waals surface area contributed by atoms with Crippen LogP contribution in [0.15, 0.2) is 12.1 Å². The molecule has 1 aromatic carbocycles. The number of ether oxygens (including phenoxy) is 1. The van der Waals surface area contributed by atoms with Crippen LogP contribution in [0.5, 0.6) is 5.75 Å². The van der Waals surface area contributed by atoms with Crippen LogP contribution in [0.2, 0.25) is 0 Å². The molecule has 0 bridgehead atoms. The Bertz CT molecular complexity index is 455. The summed E-state index contributed by atoms with van der Waals surface area (Å²) in [4.78, 5) is 21.6. The molecule has 0 saturated carbocycles. The van der Waals surface area contributed by atoms with Crippen molar-refractivity contribution >= 4 is 11.8 Å². The highest BCUT2D eigenvalue weighted by Crippen LogP contribution is 2.24. The lowest BCUT2D eigenvalue weighted by molar-refractivity contribution is -0.137. The molecule has 0 atom stereocenters. The van der Waals surface area contributed by atoms with E-state index in [9.17, 15) is 9.59 Å². The molecule has 5 heteroatoms. The summed E-state index contributed by atoms with van der Waals surface area (Å²) in [6.45, 7) is 4.09. The standard InChI is InChI=1S/C12H16N2O3/c1-7-4-8(2)10(17-3)9(5-7)6-14-12(16)11(13)15/h4-5H,6H2,1-3H3,(H2,13,15)(H,14,16). The molecular weight excluding hydrogens is 220 g/mol. The van der Waals surface area contributed by atoms with Crippen LogP contribution in [0, 0.1) is 13.8 Å². The molecule has 3 N–H and O–H groups in total. The summed E-state index contributed by atoms with van der Waals surface area (Å²) in [5.74, 6) is -1.08. The van der Waals surface area contributed by atoms with Gasteiger partial charge < -0.3 is 15.8 Å². The smallest absolute Gasteiger partial charge is 0.309 e. The minimum Gasteiger partial charge on any atom is -0.496 e. The summed E-state index contributed by atoms with van der Waals surface area (Å²) >= 11 is 0. The van der Waals surface area contributed by atoms with Gasteiger partial charge in [-0.15, -0.1) is 0 Å². The van der Waals surface area contributed by atoms with Crippen LogP contribution < -0.4 is 15.8 Å². The molecule has 0 radical (unpaired) electrons. The Balaban J connectivity index is 2.90. The van der Waals surface area contributed by atoms with Gasteiger partial charge in [0.1, 0.15) is 5.75 Å². The molecule has 17 heavy (non-hydrogen) atoms. The predicted octanol–water partition coefficient (Wildman–Crippen LogP) is 0.414. The summed E-state index contributed by atoms with van der Waals surface area (Å²) < 4.78 is 5.26. The molecule has 0 aliphatic carbocycles. The fourth-order valence-electron chi connectivity index (χ4n) is 1.73. The summed E-state index contributed by atoms with van der Waals surface area (Å²) in [6.07, 6.45) is 0. The van der Waals surface area contributed by atoms with Gasteiger partial charge in [-0.1, -0.05) is 17.7 Å². The number of carbonyl (C=O) groups is 2. The number of amides is 2. The molecule has 92 valence electrons. The zero-order chi connectivity index (χ0) is 13.0. The SMILES string of the molecule is COc1c(C)cc(C)cc1CNC(=O)C(N)=O. The van der Waals surface area contributed by atoms with E-state index in [1.165, 1.54) is 0 Å². The summed E-state index contributed by atoms with van der Waals surface area (Å²) in [6, 6.07) is 3.88. The van der Waals surface area contributed by atoms with Crippen molar-refractivity contribution in [3.8, 4) is 5.75 Å². The number of rotatable bonds is 3. The Morgan fingerprint density at radius 3 is 2.53 bits per heavy atom. The van der Waals surface area contributed by atoms with Crippen molar-refractivity contribution in [1.82, 2.24) is 5.32 Å². The molecular formula is C12H16N2O3. The van der Waals surface area contributed by atoms with E-state index in [2.05, 4.69) is 5.32 Å². The van der Waals surface area contributed by atoms with E-state index < -0.39 is 11.8 Å². The van der Waals surface area contributed by atoms with Crippen LogP contribution in [0.25, 0.3) is 0 Å². The van der Waals surface area contributed by atoms with Gasteiger partial charge in [-0.25, -0.2) is 0 Å². The second-order valence-corrected chi connectivity index (χ2v) is 3.82. The Labute approximate surface area is 99.9 Å². The van der Waals surface area contributed by atoms with Gasteiger partial charge in [0.25, 0.3) is 0 Å². The number of primary amides is 1. The molecule has 1 rings (SSSR count). The molecule has 0 aliphatic heterocycles. The Morgan fingerprint density at radius 2 is 2.00 bits per heavy atom. The topological polar surface area (TPSA) is 81.4 Å². The van der Waals surface area contributed by atoms with E-state index in [1.807, 2.05) is 26.0 Å². The number of aryl methyl sites for hydroxylation is 2. The van der Waals surface area contributed by atoms with Gasteiger partial charge in [-0.2, -0.15) is 0 Å². The van der Waals surface area contributed by atoms with Gasteiger partial charge in [-0.3, -0.25) is 9.59 Å². The summed E-state index contributed by atoms with van der Waals surface area (Å²) in [7, 11) is 1.57. The average molecular weight is 236 g/mol. The molecule has 0 saturated heterocycles. The average Bonchev–Trinajstić information content (AvgIpc) is 2.24. The molecule has 0 spiro atoms. The van der Waals surface area contributed by atoms with Gasteiger partial charge in [0, 0.05) is 12.1 Å². The largest absolute Gasteiger partial charge is 0.496 e. The zero-order valence-electron chi connectivity index (χ0n) is 10.2. The highest BCUT2D eigenvalue weighted by atomic mass is 16.5. The van der Waals surface area contributed by atoms with Gasteiger partial charge in [0.15, 0.2) is 0 Å². The minimum absolute atomic E-state index is 0.216. The number of nitrogens with two attached hydrogens (primary N) is 1. The zero-order valence-corrected chi connectivity index (χ0v) is 10.2. The molecule has 0 heterocycles. The number of benzene rings is 1. The van der Waals surface area contributed by atoms with Crippen molar-refractivity contribution in [2.24, 2.45) is 5.73 Å². The predicted molar refractivity (Wildman–Crippen MR) is 63.5 cm³/mol. The third-order valence-electron chi connectivity index (χ3n) is 2.36. The van der Waals surface area contributed by atoms with Crippen molar-refractivity contribution in [2.75, 3.05) is 7.11 Å². The number of hydrogen-bond donors (Lipinski definition) is 2. The molecule has 0 aromatic heterocycles. The van der Waals surface area contributed by atoms with Crippen LogP contribution in [-0.2, 0) is 16.1 Å². The van der Waals surface area contributed by atoms with Crippen LogP contribution >= 0.6 is 0 Å². The van der Waals surface area contributed by atoms with Crippen molar-refractivity contribution in [3.05, 3.63) is 28.8 Å². The number of hydrogen-bond acceptors (Lipinski definition) is 3. The first-order valence-electron chi connectivity index (χ1n) is 5.17. The quantitative estimate of drug-likeness (QED) is 0.746. The van der Waals surface area contributed by atoms with E-state index in [0.717, 1.165) is 16.7 Å². The van der Waals surface area contributed by atoms with Gasteiger partial charge in [0.05, 0.1) is 7.11 Å². The minimum atomic E-state index is -0.992. The Kier molecular flexibility index (Phi) is 4.09. The van der Waals surface area contributed by atoms with E-state index in [1.54, 1.807) is 7.11 Å². The lowest BCUT2D eigenvalue weighted by Gasteiger charge is -2.13. The lowest BCUT2D eigenvalue weighted by Crippen LogP contribution is -2.35. The normalized spacial score (nSPS) is 9.82. The van der Waals surface area contributed by atoms with Gasteiger partial charge in [-0.05, 0) is 19.4 Å². The summed E-state index contributed by atoms with van der Waals surface area (Å²) in [5, 5.41) is 2.43. The summed E-state index contributed by atoms with van der Waals surface area (Å²) in [5.41, 5.74) is 7.71. The van der Waals surface area contributed by atoms with E-state index in [0.29, 0.717) is 5.75 Å². The second-order valence-electron chi connectivity index (χ2n) is 3.82. The Morgan fingerprint density at radius 1 is 1.35 bits per heavy atom. The first-order valence-corrected chi connectivity index (χ1v) is 5.17. The second kappa shape index (κ2) is 5.34. The fourth-order valence-corrected chi connectivity index (χ4v) is 1.73. The van der Waals surface area contributed by atoms with Crippen molar-refractivity contribution in [3.63, 3.8) is 0 Å². The van der Waals surface area contributed by atoms with Crippen molar-refractivity contribution in [1.29, 1.82) is 0 Å². The van der Waals surface area contributed by atoms with Crippen LogP contribution in [0.4, 0.5) is 0 Å². The monoisotopic (exact) mass is 236 g/mol. The van der Waals surface area contributed by atoms with E-state index in [4.69, 9.17) is 10.5 Å². The number of carbonyl (C=O) groups excluding carboxylic acids is 2. The number of methoxy groups -OCH3 is 1. The Hall–Kier alpha value is -2.04. The van der Waals surface area contributed by atoms with Gasteiger partial charge in [0.2, 0.25) is 0 Å². The van der Waals surface area contributed by atoms with Crippen molar-refractivity contribution in [2.45, 2.75) is 20.4 Å². The fraction of sp³-hybridized carbons (Fsp3) is 0.333. The maximum absolute atomic E-state index is 11.1. The maximum atomic E-state index is 11.1. The number of nitrogens with one attached hydrogen (secondary N) is 1. The first-order chi connectivity index (χ1) is 7.95. The maximum Gasteiger partial charge on any atom is 0.309 e. The molecule has 0 fully saturated rings. The molecule has 1 aromatic rings. The molecule has 5 nitrogen and oxygen atoms in total. The van der Waals surface area contributed by atoms with Gasteiger partial charge >= 0.3 is 11.8 Å². The van der Waals surface area contributed by atoms with E-state index >= 15 is 0 Å². The molecule has 2 amide bonds. The van der Waals surface area contributed by atoms with Crippen molar-refractivity contribution < 1.29 is 14.3 Å². The highest BCUT2D eigenvalue weighted by molar-refractivity contribution is 6.34. The molecule has 0 unspecified atom stereocenters. The van der Waals surface area contributed by atoms with E-state index in [-0.39, 0.29) is 6.54 Å².